The summed E-state index contributed by atoms with van der Waals surface area (Å²) in [5.74, 6) is 1.69. The van der Waals surface area contributed by atoms with Crippen molar-refractivity contribution < 1.29 is 28.3 Å². The van der Waals surface area contributed by atoms with Crippen LogP contribution in [0, 0.1) is 11.3 Å². The molecule has 2 aliphatic heterocycles. The van der Waals surface area contributed by atoms with E-state index < -0.39 is 0 Å². The molecule has 34 heavy (non-hydrogen) atoms. The van der Waals surface area contributed by atoms with Crippen molar-refractivity contribution >= 4 is 16.9 Å². The number of methoxy groups -OCH3 is 1. The van der Waals surface area contributed by atoms with Crippen molar-refractivity contribution in [1.82, 2.24) is 10.1 Å². The lowest BCUT2D eigenvalue weighted by atomic mass is 9.84. The van der Waals surface area contributed by atoms with Crippen molar-refractivity contribution in [3.05, 3.63) is 18.2 Å². The first-order valence-electron chi connectivity index (χ1n) is 12.7. The van der Waals surface area contributed by atoms with Gasteiger partial charge >= 0.3 is 5.97 Å². The first-order chi connectivity index (χ1) is 16.7. The largest absolute Gasteiger partial charge is 0.489 e. The number of fused-ring (bicyclic) bond motifs is 1. The Morgan fingerprint density at radius 2 is 1.91 bits per heavy atom. The van der Waals surface area contributed by atoms with E-state index in [1.54, 1.807) is 0 Å². The lowest BCUT2D eigenvalue weighted by Gasteiger charge is -2.37. The van der Waals surface area contributed by atoms with Gasteiger partial charge in [0.05, 0.1) is 32.3 Å². The Hall–Kier alpha value is -2.32. The van der Waals surface area contributed by atoms with Crippen LogP contribution < -0.4 is 9.47 Å². The average Bonchev–Trinajstić information content (AvgIpc) is 3.52. The van der Waals surface area contributed by atoms with Crippen LogP contribution in [-0.2, 0) is 14.3 Å². The molecule has 8 heteroatoms. The highest BCUT2D eigenvalue weighted by molar-refractivity contribution is 5.88. The van der Waals surface area contributed by atoms with Crippen LogP contribution in [0.4, 0.5) is 0 Å². The van der Waals surface area contributed by atoms with Gasteiger partial charge in [-0.25, -0.2) is 0 Å². The van der Waals surface area contributed by atoms with Crippen LogP contribution in [0.3, 0.4) is 0 Å². The van der Waals surface area contributed by atoms with E-state index in [0.29, 0.717) is 24.0 Å². The summed E-state index contributed by atoms with van der Waals surface area (Å²) in [5, 5.41) is 5.00. The van der Waals surface area contributed by atoms with Crippen LogP contribution in [-0.4, -0.2) is 68.7 Å². The van der Waals surface area contributed by atoms with Gasteiger partial charge in [0.25, 0.3) is 5.88 Å². The predicted octanol–water partition coefficient (Wildman–Crippen LogP) is 4.21. The zero-order valence-electron chi connectivity index (χ0n) is 20.1. The zero-order valence-corrected chi connectivity index (χ0v) is 20.1. The number of hydrogen-bond donors (Lipinski definition) is 0. The Morgan fingerprint density at radius 3 is 2.65 bits per heavy atom. The fraction of sp³-hybridized carbons (Fsp3) is 0.692. The minimum Gasteiger partial charge on any atom is -0.489 e. The van der Waals surface area contributed by atoms with Crippen LogP contribution >= 0.6 is 0 Å². The molecule has 0 spiro atoms. The summed E-state index contributed by atoms with van der Waals surface area (Å²) in [6.45, 7) is 4.83. The summed E-state index contributed by atoms with van der Waals surface area (Å²) < 4.78 is 28.6. The molecule has 1 aliphatic carbocycles. The molecule has 5 rings (SSSR count). The molecule has 0 radical (unpaired) electrons. The number of piperidine rings is 1. The molecule has 0 bridgehead atoms. The van der Waals surface area contributed by atoms with E-state index in [-0.39, 0.29) is 17.5 Å². The van der Waals surface area contributed by atoms with Crippen LogP contribution in [0.15, 0.2) is 22.7 Å². The number of hydrogen-bond acceptors (Lipinski definition) is 8. The molecule has 3 aliphatic rings. The maximum Gasteiger partial charge on any atom is 0.313 e. The molecule has 0 N–H and O–H groups in total. The lowest BCUT2D eigenvalue weighted by molar-refractivity contribution is -0.154. The van der Waals surface area contributed by atoms with E-state index >= 15 is 0 Å². The maximum atomic E-state index is 12.5. The van der Waals surface area contributed by atoms with Gasteiger partial charge in [-0.2, -0.15) is 0 Å². The van der Waals surface area contributed by atoms with Gasteiger partial charge in [-0.15, -0.1) is 0 Å². The first-order valence-corrected chi connectivity index (χ1v) is 12.7. The van der Waals surface area contributed by atoms with Gasteiger partial charge < -0.3 is 28.4 Å². The minimum absolute atomic E-state index is 0.0351. The van der Waals surface area contributed by atoms with Crippen LogP contribution in [0.5, 0.6) is 11.6 Å². The number of nitrogens with zero attached hydrogens (tertiary/aromatic N) is 2. The molecular formula is C26H36N2O6. The Bertz CT molecular complexity index is 955. The van der Waals surface area contributed by atoms with E-state index in [2.05, 4.69) is 10.1 Å². The number of likely N-dealkylation sites (tertiary alicyclic amines) is 1. The summed E-state index contributed by atoms with van der Waals surface area (Å²) in [5.41, 5.74) is 0.373. The number of carbonyl (C=O) groups is 1. The van der Waals surface area contributed by atoms with Gasteiger partial charge in [-0.1, -0.05) is 18.9 Å². The highest BCUT2D eigenvalue weighted by Gasteiger charge is 2.43. The van der Waals surface area contributed by atoms with E-state index in [9.17, 15) is 4.79 Å². The Balaban J connectivity index is 1.16. The molecule has 1 aromatic heterocycles. The molecule has 1 aromatic carbocycles. The van der Waals surface area contributed by atoms with E-state index in [1.165, 1.54) is 7.11 Å². The van der Waals surface area contributed by atoms with Crippen molar-refractivity contribution in [2.24, 2.45) is 11.3 Å². The van der Waals surface area contributed by atoms with E-state index in [0.717, 1.165) is 95.4 Å². The fourth-order valence-electron chi connectivity index (χ4n) is 5.74. The van der Waals surface area contributed by atoms with Crippen molar-refractivity contribution in [3.63, 3.8) is 0 Å². The topological polar surface area (TPSA) is 83.3 Å². The number of esters is 1. The van der Waals surface area contributed by atoms with E-state index in [1.807, 2.05) is 18.2 Å². The average molecular weight is 473 g/mol. The summed E-state index contributed by atoms with van der Waals surface area (Å²) >= 11 is 0. The number of carbonyl (C=O) groups excluding carboxylic acids is 1. The smallest absolute Gasteiger partial charge is 0.313 e. The molecule has 0 atom stereocenters. The number of aromatic nitrogens is 1. The van der Waals surface area contributed by atoms with Crippen molar-refractivity contribution in [1.29, 1.82) is 0 Å². The highest BCUT2D eigenvalue weighted by atomic mass is 16.5. The van der Waals surface area contributed by atoms with Gasteiger partial charge in [0.1, 0.15) is 17.2 Å². The normalized spacial score (nSPS) is 22.1. The molecule has 8 nitrogen and oxygen atoms in total. The minimum atomic E-state index is -0.307. The number of benzene rings is 1. The number of rotatable bonds is 8. The Morgan fingerprint density at radius 1 is 1.15 bits per heavy atom. The highest BCUT2D eigenvalue weighted by Crippen LogP contribution is 2.41. The SMILES string of the molecule is COC(=O)C1(CN2CCC(COc3noc4cccc(OC5CCOCC5)c34)CC2)CCCC1. The van der Waals surface area contributed by atoms with Gasteiger partial charge in [-0.3, -0.25) is 4.79 Å². The molecule has 3 fully saturated rings. The van der Waals surface area contributed by atoms with Gasteiger partial charge in [-0.05, 0) is 62.0 Å². The summed E-state index contributed by atoms with van der Waals surface area (Å²) in [4.78, 5) is 14.9. The third kappa shape index (κ3) is 5.03. The Labute approximate surface area is 200 Å². The Kier molecular flexibility index (Phi) is 7.25. The number of ether oxygens (including phenoxy) is 4. The third-order valence-corrected chi connectivity index (χ3v) is 7.76. The molecule has 2 aromatic rings. The second-order valence-corrected chi connectivity index (χ2v) is 10.1. The van der Waals surface area contributed by atoms with Crippen LogP contribution in [0.1, 0.15) is 51.4 Å². The second-order valence-electron chi connectivity index (χ2n) is 10.1. The maximum absolute atomic E-state index is 12.5. The van der Waals surface area contributed by atoms with Crippen molar-refractivity contribution in [3.8, 4) is 11.6 Å². The molecular weight excluding hydrogens is 436 g/mol. The molecule has 186 valence electrons. The monoisotopic (exact) mass is 472 g/mol. The van der Waals surface area contributed by atoms with E-state index in [4.69, 9.17) is 23.5 Å². The predicted molar refractivity (Wildman–Crippen MR) is 126 cm³/mol. The quantitative estimate of drug-likeness (QED) is 0.529. The van der Waals surface area contributed by atoms with Gasteiger partial charge in [0.15, 0.2) is 5.58 Å². The van der Waals surface area contributed by atoms with Crippen LogP contribution in [0.25, 0.3) is 11.0 Å². The molecule has 2 saturated heterocycles. The summed E-state index contributed by atoms with van der Waals surface area (Å²) in [6, 6.07) is 5.78. The van der Waals surface area contributed by atoms with Crippen molar-refractivity contribution in [2.75, 3.05) is 46.6 Å². The lowest BCUT2D eigenvalue weighted by Crippen LogP contribution is -2.45. The van der Waals surface area contributed by atoms with Crippen molar-refractivity contribution in [2.45, 2.75) is 57.5 Å². The molecule has 3 heterocycles. The van der Waals surface area contributed by atoms with Gasteiger partial charge in [0.2, 0.25) is 0 Å². The van der Waals surface area contributed by atoms with Gasteiger partial charge in [0, 0.05) is 19.4 Å². The second kappa shape index (κ2) is 10.5. The molecule has 1 saturated carbocycles. The fourth-order valence-corrected chi connectivity index (χ4v) is 5.74. The molecule has 0 unspecified atom stereocenters. The zero-order chi connectivity index (χ0) is 23.4. The first kappa shape index (κ1) is 23.4. The third-order valence-electron chi connectivity index (χ3n) is 7.76. The summed E-state index contributed by atoms with van der Waals surface area (Å²) in [6.07, 6.45) is 8.11. The standard InChI is InChI=1S/C26H36N2O6/c1-30-25(29)26(11-2-3-12-26)18-28-13-7-19(8-14-28)17-32-24-23-21(5-4-6-22(23)34-27-24)33-20-9-15-31-16-10-20/h4-6,19-20H,2-3,7-18H2,1H3. The molecule has 0 amide bonds. The van der Waals surface area contributed by atoms with Crippen LogP contribution in [0.2, 0.25) is 0 Å². The summed E-state index contributed by atoms with van der Waals surface area (Å²) in [7, 11) is 1.51.